The summed E-state index contributed by atoms with van der Waals surface area (Å²) in [7, 11) is 0. The van der Waals surface area contributed by atoms with Gasteiger partial charge in [0.2, 0.25) is 0 Å². The Morgan fingerprint density at radius 3 is 1.07 bits per heavy atom. The Balaban J connectivity index is -0.000000466. The molecule has 0 fully saturated rings. The Kier molecular flexibility index (Phi) is 27.3. The van der Waals surface area contributed by atoms with Gasteiger partial charge in [-0.3, -0.25) is 0 Å². The van der Waals surface area contributed by atoms with E-state index in [4.69, 9.17) is 11.5 Å². The minimum atomic E-state index is -1.24. The third-order valence-electron chi connectivity index (χ3n) is 5.83. The zero-order chi connectivity index (χ0) is 31.1. The van der Waals surface area contributed by atoms with E-state index in [9.17, 15) is 39.6 Å². The molecular formula is C30H42CeN2O8. The zero-order valence-corrected chi connectivity index (χ0v) is 27.5. The van der Waals surface area contributed by atoms with E-state index < -0.39 is 23.9 Å². The number of hydrogen-bond acceptors (Lipinski definition) is 10. The molecule has 224 valence electrons. The molecule has 0 heterocycles. The van der Waals surface area contributed by atoms with Crippen LogP contribution in [0.3, 0.4) is 0 Å². The monoisotopic (exact) mass is 698 g/mol. The minimum absolute atomic E-state index is 0. The summed E-state index contributed by atoms with van der Waals surface area (Å²) in [4.78, 5) is 41.1. The summed E-state index contributed by atoms with van der Waals surface area (Å²) in [5.74, 6) is -4.71. The number of carboxylic acid groups (broad SMARTS) is 4. The van der Waals surface area contributed by atoms with Crippen molar-refractivity contribution in [1.29, 1.82) is 0 Å². The van der Waals surface area contributed by atoms with Crippen LogP contribution >= 0.6 is 0 Å². The Morgan fingerprint density at radius 1 is 0.610 bits per heavy atom. The van der Waals surface area contributed by atoms with Crippen molar-refractivity contribution in [3.63, 3.8) is 0 Å². The van der Waals surface area contributed by atoms with Crippen molar-refractivity contribution in [1.82, 2.24) is 0 Å². The van der Waals surface area contributed by atoms with E-state index in [1.165, 1.54) is 24.3 Å². The van der Waals surface area contributed by atoms with Crippen LogP contribution < -0.4 is 31.9 Å². The molecule has 0 bridgehead atoms. The predicted octanol–water partition coefficient (Wildman–Crippen LogP) is 1.17. The van der Waals surface area contributed by atoms with Crippen LogP contribution in [0.1, 0.15) is 99.8 Å². The van der Waals surface area contributed by atoms with Gasteiger partial charge < -0.3 is 51.1 Å². The van der Waals surface area contributed by atoms with Crippen molar-refractivity contribution in [2.24, 2.45) is 11.8 Å². The second-order valence-corrected chi connectivity index (χ2v) is 8.88. The average Bonchev–Trinajstić information content (AvgIpc) is 2.90. The first-order valence-electron chi connectivity index (χ1n) is 13.4. The number of rotatable bonds is 12. The molecule has 2 unspecified atom stereocenters. The Hall–Kier alpha value is -2.70. The maximum Gasteiger partial charge on any atom is 4.00 e. The van der Waals surface area contributed by atoms with Gasteiger partial charge in [-0.15, -0.1) is 0 Å². The van der Waals surface area contributed by atoms with Gasteiger partial charge in [0.05, 0.1) is 11.9 Å². The Labute approximate surface area is 276 Å². The summed E-state index contributed by atoms with van der Waals surface area (Å²) in [6.07, 6.45) is 7.04. The summed E-state index contributed by atoms with van der Waals surface area (Å²) in [5.41, 5.74) is 11.2. The third-order valence-corrected chi connectivity index (χ3v) is 5.83. The van der Waals surface area contributed by atoms with Gasteiger partial charge in [0.15, 0.2) is 0 Å². The second kappa shape index (κ2) is 26.2. The Morgan fingerprint density at radius 2 is 0.902 bits per heavy atom. The molecule has 0 spiro atoms. The topological polar surface area (TPSA) is 213 Å². The van der Waals surface area contributed by atoms with Crippen LogP contribution in [0.2, 0.25) is 0 Å². The second-order valence-electron chi connectivity index (χ2n) is 8.88. The number of hydrogen-bond donors (Lipinski definition) is 2. The van der Waals surface area contributed by atoms with Gasteiger partial charge in [-0.2, -0.15) is 0 Å². The van der Waals surface area contributed by atoms with Crippen LogP contribution in [-0.2, 0) is 9.59 Å². The standard InChI is InChI=1S/2C8H16O2.2C7H7NO2.Ce/c2*1-3-5-6-7(4-2)8(9)10;2*8-6-4-2-1-3-5(6)7(9)10;/h2*7H,3-6H2,1-2H3,(H,9,10);2*1-4H,8H2,(H,9,10);/q;;;;+4/p-4. The molecule has 11 heteroatoms. The van der Waals surface area contributed by atoms with Crippen molar-refractivity contribution < 1.29 is 81.4 Å². The van der Waals surface area contributed by atoms with Crippen LogP contribution in [0, 0.1) is 53.6 Å². The number of aliphatic carboxylic acids is 2. The summed E-state index contributed by atoms with van der Waals surface area (Å²) in [5, 5.41) is 41.1. The zero-order valence-electron chi connectivity index (χ0n) is 24.4. The molecule has 0 radical (unpaired) electrons. The molecule has 0 amide bonds. The van der Waals surface area contributed by atoms with Crippen molar-refractivity contribution >= 4 is 35.3 Å². The first kappa shape index (κ1) is 42.8. The number of carboxylic acids is 4. The molecule has 0 aromatic heterocycles. The van der Waals surface area contributed by atoms with Crippen molar-refractivity contribution in [3.8, 4) is 0 Å². The van der Waals surface area contributed by atoms with E-state index >= 15 is 0 Å². The van der Waals surface area contributed by atoms with E-state index in [0.717, 1.165) is 38.5 Å². The van der Waals surface area contributed by atoms with Gasteiger partial charge in [0.25, 0.3) is 0 Å². The summed E-state index contributed by atoms with van der Waals surface area (Å²) < 4.78 is 0. The number of unbranched alkanes of at least 4 members (excludes halogenated alkanes) is 2. The molecule has 0 saturated heterocycles. The fourth-order valence-corrected chi connectivity index (χ4v) is 3.24. The van der Waals surface area contributed by atoms with Crippen LogP contribution in [-0.4, -0.2) is 23.9 Å². The fraction of sp³-hybridized carbons (Fsp3) is 0.467. The van der Waals surface area contributed by atoms with E-state index in [0.29, 0.717) is 12.8 Å². The molecule has 4 N–H and O–H groups in total. The number of benzene rings is 2. The summed E-state index contributed by atoms with van der Waals surface area (Å²) in [6.45, 7) is 7.89. The third kappa shape index (κ3) is 20.8. The molecule has 0 saturated carbocycles. The van der Waals surface area contributed by atoms with Crippen molar-refractivity contribution in [3.05, 3.63) is 59.7 Å². The quantitative estimate of drug-likeness (QED) is 0.302. The number of nitrogens with two attached hydrogens (primary N) is 2. The van der Waals surface area contributed by atoms with Gasteiger partial charge in [-0.05, 0) is 49.7 Å². The summed E-state index contributed by atoms with van der Waals surface area (Å²) in [6, 6.07) is 12.4. The van der Waals surface area contributed by atoms with E-state index in [1.807, 2.05) is 13.8 Å². The van der Waals surface area contributed by atoms with Gasteiger partial charge in [0.1, 0.15) is 0 Å². The first-order valence-corrected chi connectivity index (χ1v) is 13.4. The number of anilines is 2. The molecular weight excluding hydrogens is 656 g/mol. The molecule has 2 rings (SSSR count). The molecule has 0 aliphatic rings. The van der Waals surface area contributed by atoms with Gasteiger partial charge >= 0.3 is 41.7 Å². The Bertz CT molecular complexity index is 952. The number of nitrogen functional groups attached to an aromatic ring is 2. The molecule has 0 aliphatic heterocycles. The van der Waals surface area contributed by atoms with Crippen molar-refractivity contribution in [2.45, 2.75) is 79.1 Å². The van der Waals surface area contributed by atoms with Crippen LogP contribution in [0.5, 0.6) is 0 Å². The average molecular weight is 699 g/mol. The number of aromatic carboxylic acids is 2. The van der Waals surface area contributed by atoms with E-state index in [-0.39, 0.29) is 76.1 Å². The molecule has 2 aromatic rings. The molecule has 0 aliphatic carbocycles. The number of para-hydroxylation sites is 2. The molecule has 2 atom stereocenters. The summed E-state index contributed by atoms with van der Waals surface area (Å²) >= 11 is 0. The van der Waals surface area contributed by atoms with E-state index in [1.54, 1.807) is 24.3 Å². The number of carbonyl (C=O) groups is 4. The first-order chi connectivity index (χ1) is 18.9. The molecule has 2 aromatic carbocycles. The minimum Gasteiger partial charge on any atom is -0.550 e. The number of carbonyl (C=O) groups excluding carboxylic acids is 4. The fourth-order valence-electron chi connectivity index (χ4n) is 3.24. The maximum atomic E-state index is 10.3. The SMILES string of the molecule is CCCCC(CC)C(=O)[O-].CCCCC(CC)C(=O)[O-].Nc1ccccc1C(=O)[O-].Nc1ccccc1C(=O)[O-].[Ce+4]. The van der Waals surface area contributed by atoms with Gasteiger partial charge in [-0.1, -0.05) is 89.8 Å². The van der Waals surface area contributed by atoms with Crippen LogP contribution in [0.15, 0.2) is 48.5 Å². The van der Waals surface area contributed by atoms with Crippen LogP contribution in [0.25, 0.3) is 0 Å². The smallest absolute Gasteiger partial charge is 0.550 e. The molecule has 41 heavy (non-hydrogen) atoms. The maximum absolute atomic E-state index is 10.3. The van der Waals surface area contributed by atoms with Crippen molar-refractivity contribution in [2.75, 3.05) is 11.5 Å². The largest absolute Gasteiger partial charge is 4.00 e. The van der Waals surface area contributed by atoms with Gasteiger partial charge in [0, 0.05) is 34.4 Å². The normalized spacial score (nSPS) is 10.8. The van der Waals surface area contributed by atoms with Gasteiger partial charge in [-0.25, -0.2) is 0 Å². The van der Waals surface area contributed by atoms with Crippen LogP contribution in [0.4, 0.5) is 11.4 Å². The predicted molar refractivity (Wildman–Crippen MR) is 147 cm³/mol. The molecule has 10 nitrogen and oxygen atoms in total. The van der Waals surface area contributed by atoms with E-state index in [2.05, 4.69) is 13.8 Å².